The first kappa shape index (κ1) is 14.2. The predicted octanol–water partition coefficient (Wildman–Crippen LogP) is 0.945. The van der Waals surface area contributed by atoms with Gasteiger partial charge in [0.2, 0.25) is 0 Å². The van der Waals surface area contributed by atoms with E-state index in [9.17, 15) is 5.11 Å². The average Bonchev–Trinajstić information content (AvgIpc) is 2.96. The van der Waals surface area contributed by atoms with E-state index < -0.39 is 5.60 Å². The molecule has 6 heteroatoms. The molecule has 0 bridgehead atoms. The maximum absolute atomic E-state index is 10.4. The molecule has 1 saturated heterocycles. The normalized spacial score (nSPS) is 22.4. The summed E-state index contributed by atoms with van der Waals surface area (Å²) in [6, 6.07) is 7.93. The van der Waals surface area contributed by atoms with Crippen LogP contribution in [-0.2, 0) is 17.8 Å². The third kappa shape index (κ3) is 3.29. The lowest BCUT2D eigenvalue weighted by atomic mass is 9.97. The highest BCUT2D eigenvalue weighted by molar-refractivity contribution is 5.57. The van der Waals surface area contributed by atoms with Crippen molar-refractivity contribution in [3.05, 3.63) is 36.0 Å². The van der Waals surface area contributed by atoms with Crippen LogP contribution in [0.25, 0.3) is 11.3 Å². The van der Waals surface area contributed by atoms with Gasteiger partial charge < -0.3 is 15.6 Å². The Labute approximate surface area is 123 Å². The molecule has 0 aliphatic carbocycles. The molecule has 1 unspecified atom stereocenters. The smallest absolute Gasteiger partial charge is 0.113 e. The topological polar surface area (TPSA) is 86.2 Å². The molecule has 1 aliphatic rings. The summed E-state index contributed by atoms with van der Waals surface area (Å²) < 4.78 is 7.03. The number of rotatable bonds is 4. The lowest BCUT2D eigenvalue weighted by Crippen LogP contribution is -2.42. The van der Waals surface area contributed by atoms with Gasteiger partial charge in [-0.15, -0.1) is 5.10 Å². The number of aromatic nitrogens is 3. The summed E-state index contributed by atoms with van der Waals surface area (Å²) >= 11 is 0. The number of nitrogens with two attached hydrogens (primary N) is 1. The lowest BCUT2D eigenvalue weighted by molar-refractivity contribution is -0.0960. The van der Waals surface area contributed by atoms with E-state index in [0.717, 1.165) is 36.3 Å². The maximum Gasteiger partial charge on any atom is 0.113 e. The van der Waals surface area contributed by atoms with Crippen molar-refractivity contribution in [2.45, 2.75) is 31.5 Å². The first-order chi connectivity index (χ1) is 10.2. The maximum atomic E-state index is 10.4. The minimum absolute atomic E-state index is 0.355. The number of aliphatic hydroxyl groups is 1. The van der Waals surface area contributed by atoms with Crippen molar-refractivity contribution in [3.8, 4) is 11.3 Å². The standard InChI is InChI=1S/C15H20N4O2/c16-8-12-2-4-13(5-3-12)14-9-19(18-17-14)10-15(20)6-1-7-21-11-15/h2-5,9,20H,1,6-8,10-11,16H2. The van der Waals surface area contributed by atoms with Gasteiger partial charge in [-0.25, -0.2) is 4.68 Å². The molecule has 1 aromatic carbocycles. The van der Waals surface area contributed by atoms with Gasteiger partial charge in [0.05, 0.1) is 19.3 Å². The van der Waals surface area contributed by atoms with Crippen LogP contribution >= 0.6 is 0 Å². The van der Waals surface area contributed by atoms with Crippen LogP contribution in [-0.4, -0.2) is 38.9 Å². The Morgan fingerprint density at radius 1 is 1.33 bits per heavy atom. The minimum Gasteiger partial charge on any atom is -0.386 e. The van der Waals surface area contributed by atoms with E-state index in [2.05, 4.69) is 10.3 Å². The van der Waals surface area contributed by atoms with E-state index in [-0.39, 0.29) is 0 Å². The Morgan fingerprint density at radius 2 is 2.14 bits per heavy atom. The van der Waals surface area contributed by atoms with Crippen molar-refractivity contribution in [3.63, 3.8) is 0 Å². The van der Waals surface area contributed by atoms with Crippen molar-refractivity contribution in [1.29, 1.82) is 0 Å². The molecule has 1 aromatic heterocycles. The van der Waals surface area contributed by atoms with Crippen LogP contribution in [0.1, 0.15) is 18.4 Å². The highest BCUT2D eigenvalue weighted by Gasteiger charge is 2.31. The van der Waals surface area contributed by atoms with Gasteiger partial charge in [-0.2, -0.15) is 0 Å². The molecule has 1 aliphatic heterocycles. The molecule has 3 rings (SSSR count). The second-order valence-corrected chi connectivity index (χ2v) is 5.58. The number of hydrogen-bond acceptors (Lipinski definition) is 5. The van der Waals surface area contributed by atoms with E-state index in [1.54, 1.807) is 4.68 Å². The van der Waals surface area contributed by atoms with Gasteiger partial charge in [0, 0.05) is 18.7 Å². The van der Waals surface area contributed by atoms with Gasteiger partial charge in [0.25, 0.3) is 0 Å². The van der Waals surface area contributed by atoms with Crippen molar-refractivity contribution in [2.75, 3.05) is 13.2 Å². The fourth-order valence-corrected chi connectivity index (χ4v) is 2.58. The molecular formula is C15H20N4O2. The van der Waals surface area contributed by atoms with Crippen LogP contribution < -0.4 is 5.73 Å². The minimum atomic E-state index is -0.841. The van der Waals surface area contributed by atoms with Crippen LogP contribution in [0.5, 0.6) is 0 Å². The lowest BCUT2D eigenvalue weighted by Gasteiger charge is -2.31. The molecule has 6 nitrogen and oxygen atoms in total. The number of nitrogens with zero attached hydrogens (tertiary/aromatic N) is 3. The summed E-state index contributed by atoms with van der Waals surface area (Å²) in [5.74, 6) is 0. The van der Waals surface area contributed by atoms with E-state index in [1.165, 1.54) is 0 Å². The summed E-state index contributed by atoms with van der Waals surface area (Å²) in [6.45, 7) is 2.01. The predicted molar refractivity (Wildman–Crippen MR) is 78.4 cm³/mol. The van der Waals surface area contributed by atoms with E-state index in [1.807, 2.05) is 30.5 Å². The van der Waals surface area contributed by atoms with Crippen LogP contribution in [0.3, 0.4) is 0 Å². The van der Waals surface area contributed by atoms with Crippen LogP contribution in [0.15, 0.2) is 30.5 Å². The highest BCUT2D eigenvalue weighted by Crippen LogP contribution is 2.22. The molecule has 2 aromatic rings. The molecule has 21 heavy (non-hydrogen) atoms. The first-order valence-corrected chi connectivity index (χ1v) is 7.18. The Morgan fingerprint density at radius 3 is 2.81 bits per heavy atom. The molecular weight excluding hydrogens is 268 g/mol. The Balaban J connectivity index is 1.73. The molecule has 1 atom stereocenters. The van der Waals surface area contributed by atoms with E-state index in [0.29, 0.717) is 19.7 Å². The largest absolute Gasteiger partial charge is 0.386 e. The number of benzene rings is 1. The van der Waals surface area contributed by atoms with Crippen molar-refractivity contribution < 1.29 is 9.84 Å². The van der Waals surface area contributed by atoms with Gasteiger partial charge in [0.1, 0.15) is 11.3 Å². The molecule has 0 radical (unpaired) electrons. The Kier molecular flexibility index (Phi) is 4.01. The Bertz CT molecular complexity index is 588. The van der Waals surface area contributed by atoms with Crippen molar-refractivity contribution >= 4 is 0 Å². The quantitative estimate of drug-likeness (QED) is 0.874. The summed E-state index contributed by atoms with van der Waals surface area (Å²) in [6.07, 6.45) is 3.45. The summed E-state index contributed by atoms with van der Waals surface area (Å²) in [4.78, 5) is 0. The third-order valence-corrected chi connectivity index (χ3v) is 3.78. The second kappa shape index (κ2) is 5.93. The fourth-order valence-electron chi connectivity index (χ4n) is 2.58. The van der Waals surface area contributed by atoms with Gasteiger partial charge in [-0.05, 0) is 18.4 Å². The molecule has 2 heterocycles. The van der Waals surface area contributed by atoms with Gasteiger partial charge in [0.15, 0.2) is 0 Å². The van der Waals surface area contributed by atoms with Gasteiger partial charge in [-0.3, -0.25) is 0 Å². The van der Waals surface area contributed by atoms with Crippen molar-refractivity contribution in [2.24, 2.45) is 5.73 Å². The third-order valence-electron chi connectivity index (χ3n) is 3.78. The molecule has 3 N–H and O–H groups in total. The van der Waals surface area contributed by atoms with Gasteiger partial charge in [-0.1, -0.05) is 29.5 Å². The summed E-state index contributed by atoms with van der Waals surface area (Å²) in [5.41, 5.74) is 7.61. The van der Waals surface area contributed by atoms with Gasteiger partial charge >= 0.3 is 0 Å². The van der Waals surface area contributed by atoms with Crippen LogP contribution in [0.2, 0.25) is 0 Å². The molecule has 112 valence electrons. The zero-order valence-electron chi connectivity index (χ0n) is 11.9. The Hall–Kier alpha value is -1.76. The highest BCUT2D eigenvalue weighted by atomic mass is 16.5. The number of hydrogen-bond donors (Lipinski definition) is 2. The van der Waals surface area contributed by atoms with E-state index >= 15 is 0 Å². The summed E-state index contributed by atoms with van der Waals surface area (Å²) in [5, 5.41) is 18.7. The number of ether oxygens (including phenoxy) is 1. The van der Waals surface area contributed by atoms with E-state index in [4.69, 9.17) is 10.5 Å². The fraction of sp³-hybridized carbons (Fsp3) is 0.467. The van der Waals surface area contributed by atoms with Crippen LogP contribution in [0, 0.1) is 0 Å². The molecule has 1 fully saturated rings. The average molecular weight is 288 g/mol. The molecule has 0 amide bonds. The first-order valence-electron chi connectivity index (χ1n) is 7.18. The molecule has 0 spiro atoms. The second-order valence-electron chi connectivity index (χ2n) is 5.58. The zero-order valence-corrected chi connectivity index (χ0v) is 11.9. The molecule has 0 saturated carbocycles. The zero-order chi connectivity index (χ0) is 14.7. The monoisotopic (exact) mass is 288 g/mol. The summed E-state index contributed by atoms with van der Waals surface area (Å²) in [7, 11) is 0. The van der Waals surface area contributed by atoms with Crippen LogP contribution in [0.4, 0.5) is 0 Å². The van der Waals surface area contributed by atoms with Crippen molar-refractivity contribution in [1.82, 2.24) is 15.0 Å². The SMILES string of the molecule is NCc1ccc(-c2cn(CC3(O)CCCOC3)nn2)cc1.